The van der Waals surface area contributed by atoms with Crippen LogP contribution in [0.2, 0.25) is 0 Å². The molecule has 0 aliphatic carbocycles. The summed E-state index contributed by atoms with van der Waals surface area (Å²) < 4.78 is 27.8. The van der Waals surface area contributed by atoms with E-state index in [1.54, 1.807) is 4.90 Å². The number of carbonyl (C=O) groups excluding carboxylic acids is 1. The molecule has 0 bridgehead atoms. The second-order valence-corrected chi connectivity index (χ2v) is 7.84. The Kier molecular flexibility index (Phi) is 4.96. The zero-order valence-electron chi connectivity index (χ0n) is 15.3. The molecule has 0 saturated carbocycles. The van der Waals surface area contributed by atoms with E-state index in [4.69, 9.17) is 0 Å². The number of rotatable bonds is 3. The minimum absolute atomic E-state index is 0.222. The lowest BCUT2D eigenvalue weighted by Gasteiger charge is -2.39. The minimum Gasteiger partial charge on any atom is -0.338 e. The second-order valence-electron chi connectivity index (χ2n) is 7.84. The Balaban J connectivity index is 1.37. The number of benzene rings is 2. The quantitative estimate of drug-likeness (QED) is 0.812. The molecule has 0 N–H and O–H groups in total. The standard InChI is InChI=1S/C22H24F2N2O/c23-18-7-4-8-19(24)20(18)21(27)26-13-10-22(11-14-26)9-12-25(16-22)15-17-5-2-1-3-6-17/h1-8H,9-16H2. The Morgan fingerprint density at radius 2 is 1.52 bits per heavy atom. The zero-order chi connectivity index (χ0) is 18.9. The Labute approximate surface area is 158 Å². The van der Waals surface area contributed by atoms with Gasteiger partial charge in [-0.05, 0) is 48.9 Å². The number of carbonyl (C=O) groups is 1. The minimum atomic E-state index is -0.782. The maximum absolute atomic E-state index is 13.9. The van der Waals surface area contributed by atoms with Crippen molar-refractivity contribution in [3.63, 3.8) is 0 Å². The molecule has 2 aromatic rings. The predicted molar refractivity (Wildman–Crippen MR) is 100 cm³/mol. The van der Waals surface area contributed by atoms with Gasteiger partial charge in [-0.3, -0.25) is 9.69 Å². The van der Waals surface area contributed by atoms with E-state index in [9.17, 15) is 13.6 Å². The van der Waals surface area contributed by atoms with Crippen LogP contribution >= 0.6 is 0 Å². The van der Waals surface area contributed by atoms with Gasteiger partial charge in [-0.1, -0.05) is 36.4 Å². The molecule has 2 aliphatic heterocycles. The number of piperidine rings is 1. The highest BCUT2D eigenvalue weighted by molar-refractivity contribution is 5.94. The van der Waals surface area contributed by atoms with E-state index >= 15 is 0 Å². The molecule has 142 valence electrons. The van der Waals surface area contributed by atoms with Crippen LogP contribution in [0.1, 0.15) is 35.2 Å². The first kappa shape index (κ1) is 18.1. The smallest absolute Gasteiger partial charge is 0.259 e. The highest BCUT2D eigenvalue weighted by Gasteiger charge is 2.41. The van der Waals surface area contributed by atoms with Crippen LogP contribution in [0.5, 0.6) is 0 Å². The van der Waals surface area contributed by atoms with Gasteiger partial charge in [0.2, 0.25) is 0 Å². The van der Waals surface area contributed by atoms with Gasteiger partial charge in [0, 0.05) is 26.2 Å². The molecule has 3 nitrogen and oxygen atoms in total. The summed E-state index contributed by atoms with van der Waals surface area (Å²) in [6.07, 6.45) is 2.90. The van der Waals surface area contributed by atoms with Gasteiger partial charge in [0.25, 0.3) is 5.91 Å². The van der Waals surface area contributed by atoms with E-state index < -0.39 is 23.1 Å². The average molecular weight is 370 g/mol. The maximum atomic E-state index is 13.9. The molecule has 2 fully saturated rings. The molecule has 4 rings (SSSR count). The highest BCUT2D eigenvalue weighted by atomic mass is 19.1. The topological polar surface area (TPSA) is 23.6 Å². The number of nitrogens with zero attached hydrogens (tertiary/aromatic N) is 2. The fourth-order valence-corrected chi connectivity index (χ4v) is 4.46. The van der Waals surface area contributed by atoms with Crippen LogP contribution in [0.3, 0.4) is 0 Å². The molecule has 27 heavy (non-hydrogen) atoms. The normalized spacial score (nSPS) is 19.6. The summed E-state index contributed by atoms with van der Waals surface area (Å²) in [5, 5.41) is 0. The van der Waals surface area contributed by atoms with Crippen molar-refractivity contribution in [3.8, 4) is 0 Å². The molecule has 2 aliphatic rings. The molecule has 0 aromatic heterocycles. The van der Waals surface area contributed by atoms with Crippen molar-refractivity contribution in [2.75, 3.05) is 26.2 Å². The molecule has 5 heteroatoms. The lowest BCUT2D eigenvalue weighted by atomic mass is 9.77. The first-order valence-electron chi connectivity index (χ1n) is 9.56. The third-order valence-electron chi connectivity index (χ3n) is 6.05. The summed E-state index contributed by atoms with van der Waals surface area (Å²) in [6.45, 7) is 4.16. The summed E-state index contributed by atoms with van der Waals surface area (Å²) in [5.41, 5.74) is 1.11. The number of halogens is 2. The van der Waals surface area contributed by atoms with Crippen LogP contribution < -0.4 is 0 Å². The summed E-state index contributed by atoms with van der Waals surface area (Å²) in [4.78, 5) is 16.7. The van der Waals surface area contributed by atoms with E-state index in [2.05, 4.69) is 29.2 Å². The first-order valence-corrected chi connectivity index (χ1v) is 9.56. The van der Waals surface area contributed by atoms with E-state index in [-0.39, 0.29) is 5.41 Å². The molecular formula is C22H24F2N2O. The number of hydrogen-bond donors (Lipinski definition) is 0. The van der Waals surface area contributed by atoms with Gasteiger partial charge in [-0.25, -0.2) is 8.78 Å². The van der Waals surface area contributed by atoms with Crippen LogP contribution in [-0.2, 0) is 6.54 Å². The monoisotopic (exact) mass is 370 g/mol. The van der Waals surface area contributed by atoms with Crippen LogP contribution in [0, 0.1) is 17.0 Å². The van der Waals surface area contributed by atoms with Crippen molar-refractivity contribution in [1.82, 2.24) is 9.80 Å². The largest absolute Gasteiger partial charge is 0.338 e. The number of hydrogen-bond acceptors (Lipinski definition) is 2. The van der Waals surface area contributed by atoms with E-state index in [1.165, 1.54) is 11.6 Å². The summed E-state index contributed by atoms with van der Waals surface area (Å²) in [5.74, 6) is -2.09. The molecule has 0 radical (unpaired) electrons. The van der Waals surface area contributed by atoms with Crippen LogP contribution in [-0.4, -0.2) is 41.9 Å². The average Bonchev–Trinajstić information content (AvgIpc) is 3.05. The molecular weight excluding hydrogens is 346 g/mol. The fourth-order valence-electron chi connectivity index (χ4n) is 4.46. The summed E-state index contributed by atoms with van der Waals surface area (Å²) in [7, 11) is 0. The van der Waals surface area contributed by atoms with Crippen molar-refractivity contribution >= 4 is 5.91 Å². The Morgan fingerprint density at radius 1 is 0.889 bits per heavy atom. The first-order chi connectivity index (χ1) is 13.1. The predicted octanol–water partition coefficient (Wildman–Crippen LogP) is 4.09. The van der Waals surface area contributed by atoms with Crippen molar-refractivity contribution < 1.29 is 13.6 Å². The van der Waals surface area contributed by atoms with Crippen LogP contribution in [0.4, 0.5) is 8.78 Å². The van der Waals surface area contributed by atoms with Crippen LogP contribution in [0.25, 0.3) is 0 Å². The van der Waals surface area contributed by atoms with Crippen molar-refractivity contribution in [1.29, 1.82) is 0 Å². The number of amides is 1. The maximum Gasteiger partial charge on any atom is 0.259 e. The van der Waals surface area contributed by atoms with Crippen molar-refractivity contribution in [2.24, 2.45) is 5.41 Å². The fraction of sp³-hybridized carbons (Fsp3) is 0.409. The van der Waals surface area contributed by atoms with Gasteiger partial charge in [-0.15, -0.1) is 0 Å². The lowest BCUT2D eigenvalue weighted by molar-refractivity contribution is 0.0579. The molecule has 1 spiro atoms. The summed E-state index contributed by atoms with van der Waals surface area (Å²) >= 11 is 0. The van der Waals surface area contributed by atoms with Gasteiger partial charge < -0.3 is 4.90 Å². The number of likely N-dealkylation sites (tertiary alicyclic amines) is 2. The second kappa shape index (κ2) is 7.39. The highest BCUT2D eigenvalue weighted by Crippen LogP contribution is 2.41. The van der Waals surface area contributed by atoms with Gasteiger partial charge in [0.05, 0.1) is 0 Å². The third-order valence-corrected chi connectivity index (χ3v) is 6.05. The summed E-state index contributed by atoms with van der Waals surface area (Å²) in [6, 6.07) is 14.0. The molecule has 1 amide bonds. The van der Waals surface area contributed by atoms with Crippen molar-refractivity contribution in [3.05, 3.63) is 71.3 Å². The Hall–Kier alpha value is -2.27. The Morgan fingerprint density at radius 3 is 2.19 bits per heavy atom. The van der Waals surface area contributed by atoms with E-state index in [1.807, 2.05) is 6.07 Å². The van der Waals surface area contributed by atoms with Crippen LogP contribution in [0.15, 0.2) is 48.5 Å². The molecule has 0 unspecified atom stereocenters. The SMILES string of the molecule is O=C(c1c(F)cccc1F)N1CCC2(CCN(Cc3ccccc3)C2)CC1. The van der Waals surface area contributed by atoms with Gasteiger partial charge >= 0.3 is 0 Å². The van der Waals surface area contributed by atoms with Gasteiger partial charge in [0.1, 0.15) is 17.2 Å². The van der Waals surface area contributed by atoms with E-state index in [0.717, 1.165) is 51.0 Å². The molecule has 2 heterocycles. The van der Waals surface area contributed by atoms with Crippen molar-refractivity contribution in [2.45, 2.75) is 25.8 Å². The lowest BCUT2D eigenvalue weighted by Crippen LogP contribution is -2.44. The van der Waals surface area contributed by atoms with Gasteiger partial charge in [-0.2, -0.15) is 0 Å². The third kappa shape index (κ3) is 3.74. The molecule has 0 atom stereocenters. The Bertz CT molecular complexity index is 796. The van der Waals surface area contributed by atoms with Gasteiger partial charge in [0.15, 0.2) is 0 Å². The zero-order valence-corrected chi connectivity index (χ0v) is 15.3. The molecule has 2 saturated heterocycles. The van der Waals surface area contributed by atoms with E-state index in [0.29, 0.717) is 13.1 Å². The molecule has 2 aromatic carbocycles.